The van der Waals surface area contributed by atoms with Crippen molar-refractivity contribution < 1.29 is 22.6 Å². The first-order valence-corrected chi connectivity index (χ1v) is 10.0. The fourth-order valence-electron chi connectivity index (χ4n) is 3.79. The number of benzene rings is 2. The van der Waals surface area contributed by atoms with Crippen molar-refractivity contribution >= 4 is 0 Å². The van der Waals surface area contributed by atoms with Gasteiger partial charge >= 0.3 is 6.18 Å². The van der Waals surface area contributed by atoms with E-state index in [1.165, 1.54) is 12.1 Å². The zero-order valence-electron chi connectivity index (χ0n) is 17.6. The number of methoxy groups -OCH3 is 2. The average molecular weight is 445 g/mol. The van der Waals surface area contributed by atoms with Crippen molar-refractivity contribution in [2.45, 2.75) is 25.7 Å². The third-order valence-electron chi connectivity index (χ3n) is 5.45. The molecule has 0 atom stereocenters. The van der Waals surface area contributed by atoms with Crippen molar-refractivity contribution in [2.75, 3.05) is 20.8 Å². The summed E-state index contributed by atoms with van der Waals surface area (Å²) in [4.78, 5) is 22.1. The van der Waals surface area contributed by atoms with E-state index in [1.54, 1.807) is 20.3 Å². The topological polar surface area (TPSA) is 67.5 Å². The molecule has 1 aliphatic rings. The average Bonchev–Trinajstić information content (AvgIpc) is 2.78. The SMILES string of the molecule is COc1cc(CN2CCc3nc(-c4ccc(C(F)(F)F)cc4)[nH]c(=O)c3C2)cc(OC)c1. The summed E-state index contributed by atoms with van der Waals surface area (Å²) in [6.07, 6.45) is -3.85. The van der Waals surface area contributed by atoms with E-state index in [2.05, 4.69) is 14.9 Å². The third-order valence-corrected chi connectivity index (χ3v) is 5.45. The van der Waals surface area contributed by atoms with Gasteiger partial charge in [-0.3, -0.25) is 9.69 Å². The Kier molecular flexibility index (Phi) is 5.92. The van der Waals surface area contributed by atoms with Crippen LogP contribution >= 0.6 is 0 Å². The van der Waals surface area contributed by atoms with Gasteiger partial charge in [0.25, 0.3) is 5.56 Å². The Hall–Kier alpha value is -3.33. The molecule has 168 valence electrons. The number of fused-ring (bicyclic) bond motifs is 1. The van der Waals surface area contributed by atoms with Gasteiger partial charge in [-0.25, -0.2) is 4.98 Å². The van der Waals surface area contributed by atoms with Gasteiger partial charge in [-0.15, -0.1) is 0 Å². The van der Waals surface area contributed by atoms with E-state index < -0.39 is 11.7 Å². The second kappa shape index (κ2) is 8.66. The van der Waals surface area contributed by atoms with Gasteiger partial charge in [0, 0.05) is 37.7 Å². The molecule has 0 amide bonds. The Morgan fingerprint density at radius 1 is 1.06 bits per heavy atom. The maximum Gasteiger partial charge on any atom is 0.416 e. The molecule has 0 unspecified atom stereocenters. The molecule has 9 heteroatoms. The predicted octanol–water partition coefficient (Wildman–Crippen LogP) is 4.03. The number of rotatable bonds is 5. The molecule has 0 saturated heterocycles. The minimum Gasteiger partial charge on any atom is -0.497 e. The molecule has 0 aliphatic carbocycles. The molecule has 0 radical (unpaired) electrons. The fourth-order valence-corrected chi connectivity index (χ4v) is 3.79. The normalized spacial score (nSPS) is 14.2. The van der Waals surface area contributed by atoms with Crippen LogP contribution in [0.15, 0.2) is 47.3 Å². The Morgan fingerprint density at radius 3 is 2.31 bits per heavy atom. The summed E-state index contributed by atoms with van der Waals surface area (Å²) in [6.45, 7) is 1.72. The molecule has 0 bridgehead atoms. The van der Waals surface area contributed by atoms with E-state index >= 15 is 0 Å². The van der Waals surface area contributed by atoms with E-state index in [9.17, 15) is 18.0 Å². The molecule has 3 aromatic rings. The predicted molar refractivity (Wildman–Crippen MR) is 113 cm³/mol. The van der Waals surface area contributed by atoms with Crippen molar-refractivity contribution in [3.8, 4) is 22.9 Å². The zero-order chi connectivity index (χ0) is 22.9. The minimum atomic E-state index is -4.41. The monoisotopic (exact) mass is 445 g/mol. The Labute approximate surface area is 182 Å². The van der Waals surface area contributed by atoms with Crippen LogP contribution in [0.2, 0.25) is 0 Å². The highest BCUT2D eigenvalue weighted by Gasteiger charge is 2.30. The highest BCUT2D eigenvalue weighted by molar-refractivity contribution is 5.56. The highest BCUT2D eigenvalue weighted by Crippen LogP contribution is 2.30. The van der Waals surface area contributed by atoms with Gasteiger partial charge in [0.1, 0.15) is 17.3 Å². The number of nitrogens with zero attached hydrogens (tertiary/aromatic N) is 2. The second-order valence-corrected chi connectivity index (χ2v) is 7.60. The van der Waals surface area contributed by atoms with Crippen LogP contribution in [0.1, 0.15) is 22.4 Å². The zero-order valence-corrected chi connectivity index (χ0v) is 17.6. The van der Waals surface area contributed by atoms with E-state index in [-0.39, 0.29) is 11.4 Å². The number of hydrogen-bond acceptors (Lipinski definition) is 5. The Morgan fingerprint density at radius 2 is 1.72 bits per heavy atom. The lowest BCUT2D eigenvalue weighted by Crippen LogP contribution is -2.35. The molecule has 1 aromatic heterocycles. The van der Waals surface area contributed by atoms with Crippen LogP contribution in [-0.2, 0) is 25.7 Å². The summed E-state index contributed by atoms with van der Waals surface area (Å²) in [5.41, 5.74) is 1.65. The van der Waals surface area contributed by atoms with Crippen LogP contribution in [0, 0.1) is 0 Å². The number of aromatic nitrogens is 2. The van der Waals surface area contributed by atoms with Crippen molar-refractivity contribution in [1.82, 2.24) is 14.9 Å². The summed E-state index contributed by atoms with van der Waals surface area (Å²) < 4.78 is 49.0. The highest BCUT2D eigenvalue weighted by atomic mass is 19.4. The molecule has 2 heterocycles. The molecule has 6 nitrogen and oxygen atoms in total. The number of hydrogen-bond donors (Lipinski definition) is 1. The molecule has 32 heavy (non-hydrogen) atoms. The molecule has 0 fully saturated rings. The molecular weight excluding hydrogens is 423 g/mol. The van der Waals surface area contributed by atoms with Gasteiger partial charge in [0.15, 0.2) is 0 Å². The van der Waals surface area contributed by atoms with Crippen molar-refractivity contribution in [3.05, 3.63) is 75.2 Å². The minimum absolute atomic E-state index is 0.272. The molecule has 1 N–H and O–H groups in total. The largest absolute Gasteiger partial charge is 0.497 e. The first-order chi connectivity index (χ1) is 15.3. The first kappa shape index (κ1) is 21.9. The first-order valence-electron chi connectivity index (χ1n) is 10.0. The lowest BCUT2D eigenvalue weighted by molar-refractivity contribution is -0.137. The van der Waals surface area contributed by atoms with Crippen LogP contribution < -0.4 is 15.0 Å². The molecular formula is C23H22F3N3O3. The van der Waals surface area contributed by atoms with Gasteiger partial charge in [0.2, 0.25) is 0 Å². The lowest BCUT2D eigenvalue weighted by atomic mass is 10.0. The summed E-state index contributed by atoms with van der Waals surface area (Å²) in [7, 11) is 3.18. The van der Waals surface area contributed by atoms with Crippen LogP contribution in [0.25, 0.3) is 11.4 Å². The number of aromatic amines is 1. The van der Waals surface area contributed by atoms with Crippen molar-refractivity contribution in [2.24, 2.45) is 0 Å². The summed E-state index contributed by atoms with van der Waals surface area (Å²) >= 11 is 0. The van der Waals surface area contributed by atoms with Crippen molar-refractivity contribution in [3.63, 3.8) is 0 Å². The molecule has 1 aliphatic heterocycles. The van der Waals surface area contributed by atoms with E-state index in [0.29, 0.717) is 54.4 Å². The van der Waals surface area contributed by atoms with Gasteiger partial charge in [0.05, 0.1) is 31.0 Å². The maximum absolute atomic E-state index is 12.8. The molecule has 0 saturated carbocycles. The second-order valence-electron chi connectivity index (χ2n) is 7.60. The summed E-state index contributed by atoms with van der Waals surface area (Å²) in [6, 6.07) is 10.3. The molecule has 4 rings (SSSR count). The van der Waals surface area contributed by atoms with Gasteiger partial charge < -0.3 is 14.5 Å². The Balaban J connectivity index is 1.55. The van der Waals surface area contributed by atoms with Crippen LogP contribution in [0.4, 0.5) is 13.2 Å². The number of alkyl halides is 3. The number of H-pyrrole nitrogens is 1. The summed E-state index contributed by atoms with van der Waals surface area (Å²) in [5, 5.41) is 0. The van der Waals surface area contributed by atoms with E-state index in [0.717, 1.165) is 17.7 Å². The smallest absolute Gasteiger partial charge is 0.416 e. The van der Waals surface area contributed by atoms with Crippen LogP contribution in [-0.4, -0.2) is 35.6 Å². The van der Waals surface area contributed by atoms with Gasteiger partial charge in [-0.05, 0) is 29.8 Å². The van der Waals surface area contributed by atoms with Crippen molar-refractivity contribution in [1.29, 1.82) is 0 Å². The molecule has 0 spiro atoms. The number of ether oxygens (including phenoxy) is 2. The Bertz CT molecular complexity index is 1150. The fraction of sp³-hybridized carbons (Fsp3) is 0.304. The van der Waals surface area contributed by atoms with E-state index in [4.69, 9.17) is 9.47 Å². The maximum atomic E-state index is 12.8. The lowest BCUT2D eigenvalue weighted by Gasteiger charge is -2.28. The van der Waals surface area contributed by atoms with Gasteiger partial charge in [-0.1, -0.05) is 12.1 Å². The van der Waals surface area contributed by atoms with Gasteiger partial charge in [-0.2, -0.15) is 13.2 Å². The van der Waals surface area contributed by atoms with Crippen LogP contribution in [0.3, 0.4) is 0 Å². The van der Waals surface area contributed by atoms with E-state index in [1.807, 2.05) is 12.1 Å². The number of halogens is 3. The molecule has 2 aromatic carbocycles. The standard InChI is InChI=1S/C23H22F3N3O3/c1-31-17-9-14(10-18(11-17)32-2)12-29-8-7-20-19(13-29)22(30)28-21(27-20)15-3-5-16(6-4-15)23(24,25)26/h3-6,9-11H,7-8,12-13H2,1-2H3,(H,27,28,30). The number of nitrogens with one attached hydrogen (secondary N) is 1. The van der Waals surface area contributed by atoms with Crippen LogP contribution in [0.5, 0.6) is 11.5 Å². The quantitative estimate of drug-likeness (QED) is 0.642. The third kappa shape index (κ3) is 4.62. The summed E-state index contributed by atoms with van der Waals surface area (Å²) in [5.74, 6) is 1.66.